The summed E-state index contributed by atoms with van der Waals surface area (Å²) in [6, 6.07) is 1.07. The standard InChI is InChI=1S/C12H26N2/c1-4-14(9-10(2)3)12-8-6-5-7-11(12)13/h10-12H,4-9,13H2,1-3H3. The predicted molar refractivity (Wildman–Crippen MR) is 62.3 cm³/mol. The lowest BCUT2D eigenvalue weighted by molar-refractivity contribution is 0.129. The normalized spacial score (nSPS) is 28.7. The Hall–Kier alpha value is -0.0800. The van der Waals surface area contributed by atoms with Crippen LogP contribution in [0.3, 0.4) is 0 Å². The first kappa shape index (κ1) is 12.0. The first-order chi connectivity index (χ1) is 6.65. The van der Waals surface area contributed by atoms with Crippen molar-refractivity contribution in [3.05, 3.63) is 0 Å². The second kappa shape index (κ2) is 5.72. The molecule has 0 amide bonds. The summed E-state index contributed by atoms with van der Waals surface area (Å²) >= 11 is 0. The van der Waals surface area contributed by atoms with E-state index in [0.29, 0.717) is 12.1 Å². The van der Waals surface area contributed by atoms with E-state index in [4.69, 9.17) is 5.73 Å². The molecule has 2 N–H and O–H groups in total. The molecule has 0 saturated heterocycles. The van der Waals surface area contributed by atoms with E-state index in [1.165, 1.54) is 32.2 Å². The lowest BCUT2D eigenvalue weighted by Crippen LogP contribution is -2.50. The van der Waals surface area contributed by atoms with E-state index in [2.05, 4.69) is 25.7 Å². The zero-order chi connectivity index (χ0) is 10.6. The van der Waals surface area contributed by atoms with Crippen LogP contribution in [0.2, 0.25) is 0 Å². The Bertz CT molecular complexity index is 156. The van der Waals surface area contributed by atoms with Gasteiger partial charge in [-0.1, -0.05) is 33.6 Å². The van der Waals surface area contributed by atoms with Crippen molar-refractivity contribution in [1.29, 1.82) is 0 Å². The molecule has 0 radical (unpaired) electrons. The number of rotatable bonds is 4. The van der Waals surface area contributed by atoms with Crippen LogP contribution in [0.25, 0.3) is 0 Å². The van der Waals surface area contributed by atoms with Gasteiger partial charge in [-0.15, -0.1) is 0 Å². The molecule has 1 saturated carbocycles. The van der Waals surface area contributed by atoms with Gasteiger partial charge in [-0.05, 0) is 25.3 Å². The molecule has 0 aromatic carbocycles. The first-order valence-corrected chi connectivity index (χ1v) is 6.14. The molecule has 1 aliphatic rings. The van der Waals surface area contributed by atoms with E-state index in [0.717, 1.165) is 12.5 Å². The lowest BCUT2D eigenvalue weighted by Gasteiger charge is -2.38. The topological polar surface area (TPSA) is 29.3 Å². The summed E-state index contributed by atoms with van der Waals surface area (Å²) in [5.41, 5.74) is 6.19. The maximum Gasteiger partial charge on any atom is 0.0247 e. The Labute approximate surface area is 88.8 Å². The summed E-state index contributed by atoms with van der Waals surface area (Å²) < 4.78 is 0. The Morgan fingerprint density at radius 1 is 1.29 bits per heavy atom. The van der Waals surface area contributed by atoms with Crippen molar-refractivity contribution in [2.24, 2.45) is 11.7 Å². The molecule has 0 spiro atoms. The van der Waals surface area contributed by atoms with Crippen molar-refractivity contribution in [2.75, 3.05) is 13.1 Å². The van der Waals surface area contributed by atoms with E-state index in [1.54, 1.807) is 0 Å². The van der Waals surface area contributed by atoms with Crippen molar-refractivity contribution >= 4 is 0 Å². The fraction of sp³-hybridized carbons (Fsp3) is 1.00. The van der Waals surface area contributed by atoms with Crippen LogP contribution in [0.15, 0.2) is 0 Å². The van der Waals surface area contributed by atoms with Gasteiger partial charge in [-0.2, -0.15) is 0 Å². The third-order valence-corrected chi connectivity index (χ3v) is 3.26. The minimum Gasteiger partial charge on any atom is -0.326 e. The zero-order valence-corrected chi connectivity index (χ0v) is 10.00. The molecule has 1 rings (SSSR count). The molecule has 0 heterocycles. The molecular formula is C12H26N2. The molecule has 2 atom stereocenters. The average molecular weight is 198 g/mol. The maximum absolute atomic E-state index is 6.19. The van der Waals surface area contributed by atoms with Crippen LogP contribution in [-0.2, 0) is 0 Å². The van der Waals surface area contributed by atoms with Gasteiger partial charge in [0, 0.05) is 18.6 Å². The van der Waals surface area contributed by atoms with Gasteiger partial charge in [0.15, 0.2) is 0 Å². The molecule has 0 aromatic heterocycles. The van der Waals surface area contributed by atoms with Crippen LogP contribution in [0.1, 0.15) is 46.5 Å². The molecule has 84 valence electrons. The second-order valence-corrected chi connectivity index (χ2v) is 5.00. The molecule has 14 heavy (non-hydrogen) atoms. The van der Waals surface area contributed by atoms with Crippen LogP contribution in [0.4, 0.5) is 0 Å². The fourth-order valence-corrected chi connectivity index (χ4v) is 2.56. The molecular weight excluding hydrogens is 172 g/mol. The van der Waals surface area contributed by atoms with Gasteiger partial charge in [0.25, 0.3) is 0 Å². The summed E-state index contributed by atoms with van der Waals surface area (Å²) in [5.74, 6) is 0.754. The highest BCUT2D eigenvalue weighted by molar-refractivity contribution is 4.85. The minimum atomic E-state index is 0.419. The zero-order valence-electron chi connectivity index (χ0n) is 10.00. The third kappa shape index (κ3) is 3.25. The first-order valence-electron chi connectivity index (χ1n) is 6.14. The Morgan fingerprint density at radius 2 is 1.93 bits per heavy atom. The van der Waals surface area contributed by atoms with Crippen molar-refractivity contribution in [2.45, 2.75) is 58.5 Å². The third-order valence-electron chi connectivity index (χ3n) is 3.26. The van der Waals surface area contributed by atoms with E-state index in [1.807, 2.05) is 0 Å². The number of nitrogens with two attached hydrogens (primary N) is 1. The summed E-state index contributed by atoms with van der Waals surface area (Å²) in [7, 11) is 0. The van der Waals surface area contributed by atoms with Gasteiger partial charge in [0.2, 0.25) is 0 Å². The van der Waals surface area contributed by atoms with Gasteiger partial charge >= 0.3 is 0 Å². The summed E-state index contributed by atoms with van der Waals surface area (Å²) in [5, 5.41) is 0. The molecule has 0 aliphatic heterocycles. The van der Waals surface area contributed by atoms with Crippen LogP contribution in [0, 0.1) is 5.92 Å². The number of hydrogen-bond acceptors (Lipinski definition) is 2. The molecule has 2 nitrogen and oxygen atoms in total. The smallest absolute Gasteiger partial charge is 0.0247 e. The molecule has 1 fully saturated rings. The van der Waals surface area contributed by atoms with E-state index in [-0.39, 0.29) is 0 Å². The molecule has 2 heteroatoms. The van der Waals surface area contributed by atoms with Crippen LogP contribution >= 0.6 is 0 Å². The highest BCUT2D eigenvalue weighted by atomic mass is 15.2. The van der Waals surface area contributed by atoms with Crippen LogP contribution in [-0.4, -0.2) is 30.1 Å². The highest BCUT2D eigenvalue weighted by Crippen LogP contribution is 2.22. The molecule has 0 aromatic rings. The Morgan fingerprint density at radius 3 is 2.43 bits per heavy atom. The van der Waals surface area contributed by atoms with E-state index < -0.39 is 0 Å². The lowest BCUT2D eigenvalue weighted by atomic mass is 9.89. The predicted octanol–water partition coefficient (Wildman–Crippen LogP) is 2.23. The molecule has 0 bridgehead atoms. The van der Waals surface area contributed by atoms with Gasteiger partial charge in [0.1, 0.15) is 0 Å². The molecule has 1 aliphatic carbocycles. The monoisotopic (exact) mass is 198 g/mol. The summed E-state index contributed by atoms with van der Waals surface area (Å²) in [6.45, 7) is 9.18. The average Bonchev–Trinajstić information content (AvgIpc) is 2.15. The van der Waals surface area contributed by atoms with Crippen molar-refractivity contribution in [3.63, 3.8) is 0 Å². The number of nitrogens with zero attached hydrogens (tertiary/aromatic N) is 1. The maximum atomic E-state index is 6.19. The number of hydrogen-bond donors (Lipinski definition) is 1. The van der Waals surface area contributed by atoms with Crippen molar-refractivity contribution < 1.29 is 0 Å². The fourth-order valence-electron chi connectivity index (χ4n) is 2.56. The van der Waals surface area contributed by atoms with Gasteiger partial charge < -0.3 is 5.73 Å². The van der Waals surface area contributed by atoms with Gasteiger partial charge in [-0.3, -0.25) is 4.90 Å². The SMILES string of the molecule is CCN(CC(C)C)C1CCCCC1N. The van der Waals surface area contributed by atoms with Crippen molar-refractivity contribution in [3.8, 4) is 0 Å². The van der Waals surface area contributed by atoms with Gasteiger partial charge in [0.05, 0.1) is 0 Å². The van der Waals surface area contributed by atoms with Crippen LogP contribution in [0.5, 0.6) is 0 Å². The molecule has 2 unspecified atom stereocenters. The second-order valence-electron chi connectivity index (χ2n) is 5.00. The Balaban J connectivity index is 2.48. The summed E-state index contributed by atoms with van der Waals surface area (Å²) in [4.78, 5) is 2.58. The highest BCUT2D eigenvalue weighted by Gasteiger charge is 2.26. The van der Waals surface area contributed by atoms with E-state index in [9.17, 15) is 0 Å². The van der Waals surface area contributed by atoms with Gasteiger partial charge in [-0.25, -0.2) is 0 Å². The number of likely N-dealkylation sites (N-methyl/N-ethyl adjacent to an activating group) is 1. The summed E-state index contributed by atoms with van der Waals surface area (Å²) in [6.07, 6.45) is 5.23. The Kier molecular flexibility index (Phi) is 4.90. The van der Waals surface area contributed by atoms with Crippen molar-refractivity contribution in [1.82, 2.24) is 4.90 Å². The van der Waals surface area contributed by atoms with Crippen LogP contribution < -0.4 is 5.73 Å². The van der Waals surface area contributed by atoms with E-state index >= 15 is 0 Å². The quantitative estimate of drug-likeness (QED) is 0.750. The largest absolute Gasteiger partial charge is 0.326 e. The minimum absolute atomic E-state index is 0.419.